The molecular weight excluding hydrogens is 238 g/mol. The molecule has 1 rings (SSSR count). The standard InChI is InChI=1S/C13H19NO2.ClH/c1-10(2)9-16-13(15)12(14)8-11-6-4-3-5-7-11;/h3-7,10,12H,8-9,14H2,1-2H3;1H. The van der Waals surface area contributed by atoms with E-state index in [1.807, 2.05) is 44.2 Å². The van der Waals surface area contributed by atoms with Gasteiger partial charge in [0.1, 0.15) is 6.04 Å². The highest BCUT2D eigenvalue weighted by molar-refractivity contribution is 5.85. The summed E-state index contributed by atoms with van der Waals surface area (Å²) in [5.41, 5.74) is 6.81. The summed E-state index contributed by atoms with van der Waals surface area (Å²) >= 11 is 0. The van der Waals surface area contributed by atoms with Crippen LogP contribution in [0, 0.1) is 5.92 Å². The molecule has 0 radical (unpaired) electrons. The summed E-state index contributed by atoms with van der Waals surface area (Å²) in [6.07, 6.45) is 0.526. The molecule has 0 aromatic heterocycles. The first-order chi connectivity index (χ1) is 7.59. The van der Waals surface area contributed by atoms with Crippen molar-refractivity contribution in [1.29, 1.82) is 0 Å². The second-order valence-corrected chi connectivity index (χ2v) is 4.32. The molecule has 0 saturated carbocycles. The van der Waals surface area contributed by atoms with Gasteiger partial charge in [0.05, 0.1) is 6.61 Å². The first kappa shape index (κ1) is 15.9. The third-order valence-corrected chi connectivity index (χ3v) is 2.16. The van der Waals surface area contributed by atoms with Crippen molar-refractivity contribution in [2.24, 2.45) is 11.7 Å². The molecule has 0 saturated heterocycles. The van der Waals surface area contributed by atoms with Crippen LogP contribution in [-0.2, 0) is 16.0 Å². The molecule has 0 bridgehead atoms. The van der Waals surface area contributed by atoms with Crippen LogP contribution in [-0.4, -0.2) is 18.6 Å². The Morgan fingerprint density at radius 2 is 1.88 bits per heavy atom. The van der Waals surface area contributed by atoms with Crippen LogP contribution in [0.4, 0.5) is 0 Å². The van der Waals surface area contributed by atoms with Crippen LogP contribution in [0.3, 0.4) is 0 Å². The maximum Gasteiger partial charge on any atom is 0.323 e. The number of hydrogen-bond acceptors (Lipinski definition) is 3. The van der Waals surface area contributed by atoms with Gasteiger partial charge in [0, 0.05) is 0 Å². The highest BCUT2D eigenvalue weighted by atomic mass is 35.5. The summed E-state index contributed by atoms with van der Waals surface area (Å²) < 4.78 is 5.07. The second kappa shape index (κ2) is 8.09. The summed E-state index contributed by atoms with van der Waals surface area (Å²) in [5, 5.41) is 0. The van der Waals surface area contributed by atoms with Gasteiger partial charge in [-0.25, -0.2) is 0 Å². The molecule has 3 nitrogen and oxygen atoms in total. The SMILES string of the molecule is CC(C)COC(=O)C(N)Cc1ccccc1.Cl. The van der Waals surface area contributed by atoms with Crippen molar-refractivity contribution in [3.63, 3.8) is 0 Å². The fourth-order valence-corrected chi connectivity index (χ4v) is 1.31. The summed E-state index contributed by atoms with van der Waals surface area (Å²) in [6.45, 7) is 4.42. The van der Waals surface area contributed by atoms with Crippen LogP contribution in [0.2, 0.25) is 0 Å². The van der Waals surface area contributed by atoms with Crippen LogP contribution in [0.1, 0.15) is 19.4 Å². The van der Waals surface area contributed by atoms with E-state index >= 15 is 0 Å². The van der Waals surface area contributed by atoms with E-state index in [0.29, 0.717) is 18.9 Å². The highest BCUT2D eigenvalue weighted by Crippen LogP contribution is 2.03. The summed E-state index contributed by atoms with van der Waals surface area (Å²) in [6, 6.07) is 9.14. The van der Waals surface area contributed by atoms with Crippen molar-refractivity contribution in [3.8, 4) is 0 Å². The van der Waals surface area contributed by atoms with Gasteiger partial charge in [0.2, 0.25) is 0 Å². The zero-order valence-corrected chi connectivity index (χ0v) is 11.1. The van der Waals surface area contributed by atoms with E-state index in [0.717, 1.165) is 5.56 Å². The van der Waals surface area contributed by atoms with Crippen LogP contribution in [0.5, 0.6) is 0 Å². The largest absolute Gasteiger partial charge is 0.464 e. The number of benzene rings is 1. The van der Waals surface area contributed by atoms with Gasteiger partial charge >= 0.3 is 5.97 Å². The fraction of sp³-hybridized carbons (Fsp3) is 0.462. The number of hydrogen-bond donors (Lipinski definition) is 1. The monoisotopic (exact) mass is 257 g/mol. The van der Waals surface area contributed by atoms with Gasteiger partial charge in [-0.1, -0.05) is 44.2 Å². The van der Waals surface area contributed by atoms with E-state index in [9.17, 15) is 4.79 Å². The quantitative estimate of drug-likeness (QED) is 0.823. The molecule has 2 N–H and O–H groups in total. The van der Waals surface area contributed by atoms with Gasteiger partial charge in [-0.2, -0.15) is 0 Å². The predicted octanol–water partition coefficient (Wildman–Crippen LogP) is 2.18. The molecule has 0 aliphatic rings. The van der Waals surface area contributed by atoms with E-state index in [4.69, 9.17) is 10.5 Å². The molecule has 4 heteroatoms. The van der Waals surface area contributed by atoms with Crippen LogP contribution >= 0.6 is 12.4 Å². The van der Waals surface area contributed by atoms with Crippen LogP contribution in [0.25, 0.3) is 0 Å². The van der Waals surface area contributed by atoms with E-state index in [2.05, 4.69) is 0 Å². The van der Waals surface area contributed by atoms with Crippen molar-refractivity contribution in [3.05, 3.63) is 35.9 Å². The Morgan fingerprint density at radius 1 is 1.29 bits per heavy atom. The lowest BCUT2D eigenvalue weighted by atomic mass is 10.1. The molecule has 0 heterocycles. The lowest BCUT2D eigenvalue weighted by Gasteiger charge is -2.12. The third kappa shape index (κ3) is 6.29. The number of rotatable bonds is 5. The fourth-order valence-electron chi connectivity index (χ4n) is 1.31. The predicted molar refractivity (Wildman–Crippen MR) is 71.2 cm³/mol. The van der Waals surface area contributed by atoms with Crippen molar-refractivity contribution < 1.29 is 9.53 Å². The number of carbonyl (C=O) groups is 1. The van der Waals surface area contributed by atoms with Crippen molar-refractivity contribution >= 4 is 18.4 Å². The molecule has 0 aliphatic carbocycles. The zero-order valence-electron chi connectivity index (χ0n) is 10.3. The maximum atomic E-state index is 11.5. The van der Waals surface area contributed by atoms with Crippen molar-refractivity contribution in [2.75, 3.05) is 6.61 Å². The van der Waals surface area contributed by atoms with Gasteiger partial charge in [-0.05, 0) is 17.9 Å². The summed E-state index contributed by atoms with van der Waals surface area (Å²) in [7, 11) is 0. The minimum atomic E-state index is -0.568. The molecule has 17 heavy (non-hydrogen) atoms. The first-order valence-corrected chi connectivity index (χ1v) is 5.55. The Bertz CT molecular complexity index is 327. The zero-order chi connectivity index (χ0) is 12.0. The van der Waals surface area contributed by atoms with Crippen molar-refractivity contribution in [2.45, 2.75) is 26.3 Å². The molecule has 1 aromatic rings. The van der Waals surface area contributed by atoms with E-state index in [-0.39, 0.29) is 18.4 Å². The van der Waals surface area contributed by atoms with Gasteiger partial charge in [-0.15, -0.1) is 12.4 Å². The van der Waals surface area contributed by atoms with Crippen LogP contribution < -0.4 is 5.73 Å². The molecule has 1 atom stereocenters. The number of esters is 1. The lowest BCUT2D eigenvalue weighted by molar-refractivity contribution is -0.146. The van der Waals surface area contributed by atoms with E-state index in [1.54, 1.807) is 0 Å². The smallest absolute Gasteiger partial charge is 0.323 e. The summed E-state index contributed by atoms with van der Waals surface area (Å²) in [5.74, 6) is 0.0189. The van der Waals surface area contributed by atoms with Gasteiger partial charge in [0.15, 0.2) is 0 Å². The molecule has 0 amide bonds. The van der Waals surface area contributed by atoms with Gasteiger partial charge in [0.25, 0.3) is 0 Å². The lowest BCUT2D eigenvalue weighted by Crippen LogP contribution is -2.35. The Balaban J connectivity index is 0.00000256. The Hall–Kier alpha value is -1.06. The minimum Gasteiger partial charge on any atom is -0.464 e. The third-order valence-electron chi connectivity index (χ3n) is 2.16. The molecule has 96 valence electrons. The van der Waals surface area contributed by atoms with Gasteiger partial charge in [-0.3, -0.25) is 4.79 Å². The normalized spacial score (nSPS) is 11.8. The second-order valence-electron chi connectivity index (χ2n) is 4.32. The summed E-state index contributed by atoms with van der Waals surface area (Å²) in [4.78, 5) is 11.5. The Labute approximate surface area is 109 Å². The topological polar surface area (TPSA) is 52.3 Å². The Kier molecular flexibility index (Phi) is 7.59. The van der Waals surface area contributed by atoms with Crippen molar-refractivity contribution in [1.82, 2.24) is 0 Å². The molecule has 1 aromatic carbocycles. The van der Waals surface area contributed by atoms with Crippen LogP contribution in [0.15, 0.2) is 30.3 Å². The highest BCUT2D eigenvalue weighted by Gasteiger charge is 2.15. The number of halogens is 1. The molecular formula is C13H20ClNO2. The molecule has 0 fully saturated rings. The molecule has 0 aliphatic heterocycles. The number of carbonyl (C=O) groups excluding carboxylic acids is 1. The molecule has 0 spiro atoms. The number of nitrogens with two attached hydrogens (primary N) is 1. The van der Waals surface area contributed by atoms with E-state index in [1.165, 1.54) is 0 Å². The molecule has 1 unspecified atom stereocenters. The average molecular weight is 258 g/mol. The maximum absolute atomic E-state index is 11.5. The average Bonchev–Trinajstić information content (AvgIpc) is 2.27. The van der Waals surface area contributed by atoms with E-state index < -0.39 is 6.04 Å². The Morgan fingerprint density at radius 3 is 2.41 bits per heavy atom. The van der Waals surface area contributed by atoms with Gasteiger partial charge < -0.3 is 10.5 Å². The first-order valence-electron chi connectivity index (χ1n) is 5.55. The minimum absolute atomic E-state index is 0. The number of ether oxygens (including phenoxy) is 1.